The van der Waals surface area contributed by atoms with Gasteiger partial charge in [-0.3, -0.25) is 34.1 Å². The second-order valence-electron chi connectivity index (χ2n) is 17.8. The number of carbonyl (C=O) groups is 7. The lowest BCUT2D eigenvalue weighted by atomic mass is 9.95. The van der Waals surface area contributed by atoms with E-state index in [4.69, 9.17) is 4.74 Å². The molecule has 0 spiro atoms. The van der Waals surface area contributed by atoms with Gasteiger partial charge in [0, 0.05) is 62.0 Å². The summed E-state index contributed by atoms with van der Waals surface area (Å²) in [7, 11) is 0. The van der Waals surface area contributed by atoms with Gasteiger partial charge in [0.25, 0.3) is 0 Å². The van der Waals surface area contributed by atoms with E-state index in [0.29, 0.717) is 66.5 Å². The van der Waals surface area contributed by atoms with Gasteiger partial charge in [0.05, 0.1) is 5.25 Å². The van der Waals surface area contributed by atoms with Crippen molar-refractivity contribution in [2.24, 2.45) is 35.5 Å². The monoisotopic (exact) mass is 837 g/mol. The predicted octanol–water partition coefficient (Wildman–Crippen LogP) is 6.09. The number of imide groups is 1. The van der Waals surface area contributed by atoms with Crippen LogP contribution in [0.3, 0.4) is 0 Å². The van der Waals surface area contributed by atoms with Gasteiger partial charge in [-0.15, -0.1) is 11.8 Å². The highest BCUT2D eigenvalue weighted by molar-refractivity contribution is 8.03. The number of carbonyl (C=O) groups excluding carboxylic acids is 7. The zero-order chi connectivity index (χ0) is 44.3. The van der Waals surface area contributed by atoms with Crippen LogP contribution in [-0.4, -0.2) is 77.1 Å². The second-order valence-corrected chi connectivity index (χ2v) is 19.0. The Balaban J connectivity index is 0.000000349. The molecule has 5 fully saturated rings. The Kier molecular flexibility index (Phi) is 23.9. The second kappa shape index (κ2) is 26.5. The molecule has 0 aromatic rings. The van der Waals surface area contributed by atoms with Crippen molar-refractivity contribution in [1.82, 2.24) is 31.9 Å². The molecule has 6 aliphatic heterocycles. The number of ether oxygens (including phenoxy) is 1. The van der Waals surface area contributed by atoms with Crippen molar-refractivity contribution in [1.29, 1.82) is 0 Å². The summed E-state index contributed by atoms with van der Waals surface area (Å²) >= 11 is 1.59. The van der Waals surface area contributed by atoms with E-state index in [1.54, 1.807) is 11.8 Å². The van der Waals surface area contributed by atoms with Gasteiger partial charge in [-0.1, -0.05) is 83.1 Å². The average molecular weight is 837 g/mol. The van der Waals surface area contributed by atoms with E-state index in [1.807, 2.05) is 26.2 Å². The molecular formula is C43H76N6O8S. The largest absolute Gasteiger partial charge is 0.462 e. The van der Waals surface area contributed by atoms with Crippen molar-refractivity contribution >= 4 is 53.3 Å². The molecular weight excluding hydrogens is 761 g/mol. The van der Waals surface area contributed by atoms with Gasteiger partial charge in [-0.25, -0.2) is 4.79 Å². The van der Waals surface area contributed by atoms with Gasteiger partial charge in [-0.2, -0.15) is 0 Å². The summed E-state index contributed by atoms with van der Waals surface area (Å²) in [4.78, 5) is 75.1. The van der Waals surface area contributed by atoms with Crippen molar-refractivity contribution in [3.05, 3.63) is 11.1 Å². The zero-order valence-electron chi connectivity index (χ0n) is 37.5. The number of amides is 7. The number of piperidine rings is 1. The summed E-state index contributed by atoms with van der Waals surface area (Å²) in [6.45, 7) is 27.0. The van der Waals surface area contributed by atoms with Crippen LogP contribution in [0.15, 0.2) is 11.1 Å². The van der Waals surface area contributed by atoms with E-state index in [-0.39, 0.29) is 58.9 Å². The first-order valence-corrected chi connectivity index (χ1v) is 22.3. The molecule has 0 aromatic heterocycles. The van der Waals surface area contributed by atoms with Gasteiger partial charge in [-0.05, 0) is 73.5 Å². The minimum Gasteiger partial charge on any atom is -0.462 e. The van der Waals surface area contributed by atoms with Crippen LogP contribution in [0.2, 0.25) is 0 Å². The zero-order valence-corrected chi connectivity index (χ0v) is 38.4. The standard InChI is InChI=1S/C8H13NOS.C8H15NO.C7H12N2O2.C7H13NO.C7H12O2.C6H11NO/c1-5(2)7-4-11-6(3)8(10)9-7;1-6(2)7-4-3-5-8(10)9-7;1-4(2)5-3-6(10)9-7(11)8-5;1-5(2)6-3-4-7(9)8-6;1-5(2)6-3-4-7(8)9-6;1-4(2)5-3-6(8)7-5/h4-6H,1-3H3,(H,9,10);6-7H,3-5H2,1-2H3,(H,9,10);4-5H,3H2,1-2H3,(H2,8,9,10,11);5-6H,3-4H2,1-2H3,(H,8,9);5-6H,3-4H2,1-2H3;4-5H,3H2,1-2H3,(H,7,8). The Morgan fingerprint density at radius 1 is 0.552 bits per heavy atom. The lowest BCUT2D eigenvalue weighted by Crippen LogP contribution is -2.53. The Bertz CT molecular complexity index is 1340. The molecule has 0 radical (unpaired) electrons. The predicted molar refractivity (Wildman–Crippen MR) is 230 cm³/mol. The summed E-state index contributed by atoms with van der Waals surface area (Å²) in [6, 6.07) is 0.956. The summed E-state index contributed by atoms with van der Waals surface area (Å²) < 4.78 is 4.98. The van der Waals surface area contributed by atoms with E-state index < -0.39 is 0 Å². The number of cyclic esters (lactones) is 1. The summed E-state index contributed by atoms with van der Waals surface area (Å²) in [5, 5.41) is 18.5. The molecule has 58 heavy (non-hydrogen) atoms. The first-order valence-electron chi connectivity index (χ1n) is 21.3. The Morgan fingerprint density at radius 2 is 1.05 bits per heavy atom. The topological polar surface area (TPSA) is 201 Å². The van der Waals surface area contributed by atoms with Crippen LogP contribution >= 0.6 is 11.8 Å². The van der Waals surface area contributed by atoms with Crippen LogP contribution in [0, 0.1) is 35.5 Å². The number of β-lactam (4-membered cyclic amide) rings is 1. The van der Waals surface area contributed by atoms with Gasteiger partial charge in [0.2, 0.25) is 29.5 Å². The fourth-order valence-corrected chi connectivity index (χ4v) is 6.97. The van der Waals surface area contributed by atoms with Crippen LogP contribution in [0.25, 0.3) is 0 Å². The minimum absolute atomic E-state index is 0.00347. The molecule has 15 heteroatoms. The van der Waals surface area contributed by atoms with Crippen LogP contribution in [0.1, 0.15) is 148 Å². The highest BCUT2D eigenvalue weighted by Gasteiger charge is 2.28. The first kappa shape index (κ1) is 52.4. The number of urea groups is 1. The molecule has 6 aliphatic rings. The molecule has 14 nitrogen and oxygen atoms in total. The maximum atomic E-state index is 11.1. The van der Waals surface area contributed by atoms with Gasteiger partial charge in [0.15, 0.2) is 0 Å². The highest BCUT2D eigenvalue weighted by atomic mass is 32.2. The molecule has 0 bridgehead atoms. The van der Waals surface area contributed by atoms with Crippen LogP contribution in [0.4, 0.5) is 4.79 Å². The quantitative estimate of drug-likeness (QED) is 0.135. The number of thioether (sulfide) groups is 1. The van der Waals surface area contributed by atoms with Crippen molar-refractivity contribution in [3.8, 4) is 0 Å². The molecule has 6 N–H and O–H groups in total. The number of rotatable bonds is 6. The lowest BCUT2D eigenvalue weighted by molar-refractivity contribution is -0.142. The molecule has 6 heterocycles. The van der Waals surface area contributed by atoms with E-state index >= 15 is 0 Å². The Hall–Kier alpha value is -3.62. The van der Waals surface area contributed by atoms with Crippen LogP contribution < -0.4 is 31.9 Å². The van der Waals surface area contributed by atoms with Crippen molar-refractivity contribution < 1.29 is 38.3 Å². The molecule has 6 rings (SSSR count). The molecule has 332 valence electrons. The maximum absolute atomic E-state index is 11.1. The molecule has 6 unspecified atom stereocenters. The molecule has 5 saturated heterocycles. The summed E-state index contributed by atoms with van der Waals surface area (Å²) in [5.74, 6) is 3.54. The van der Waals surface area contributed by atoms with Crippen LogP contribution in [0.5, 0.6) is 0 Å². The number of nitrogens with one attached hydrogen (secondary N) is 6. The maximum Gasteiger partial charge on any atom is 0.321 e. The number of allylic oxidation sites excluding steroid dienone is 1. The average Bonchev–Trinajstić information content (AvgIpc) is 3.77. The molecule has 0 aromatic carbocycles. The Labute approximate surface area is 352 Å². The van der Waals surface area contributed by atoms with Gasteiger partial charge < -0.3 is 31.3 Å². The van der Waals surface area contributed by atoms with Crippen LogP contribution in [-0.2, 0) is 33.5 Å². The number of esters is 1. The molecule has 0 saturated carbocycles. The fourth-order valence-electron chi connectivity index (χ4n) is 6.10. The van der Waals surface area contributed by atoms with E-state index in [2.05, 4.69) is 101 Å². The van der Waals surface area contributed by atoms with E-state index in [9.17, 15) is 33.6 Å². The SMILES string of the molecule is CC(C)C1=CSC(C)C(=O)N1.CC(C)C1CC(=O)N1.CC(C)C1CC(=O)NC(=O)N1.CC(C)C1CCC(=O)N1.CC(C)C1CCC(=O)O1.CC(C)C1CCCC(=O)N1. The highest BCUT2D eigenvalue weighted by Crippen LogP contribution is 2.23. The summed E-state index contributed by atoms with van der Waals surface area (Å²) in [5.41, 5.74) is 1.04. The molecule has 0 aliphatic carbocycles. The summed E-state index contributed by atoms with van der Waals surface area (Å²) in [6.07, 6.45) is 7.54. The molecule has 6 atom stereocenters. The third-order valence-electron chi connectivity index (χ3n) is 10.6. The minimum atomic E-state index is -0.375. The smallest absolute Gasteiger partial charge is 0.321 e. The number of hydrogen-bond acceptors (Lipinski definition) is 9. The number of hydrogen-bond donors (Lipinski definition) is 6. The van der Waals surface area contributed by atoms with E-state index in [0.717, 1.165) is 50.6 Å². The van der Waals surface area contributed by atoms with E-state index in [1.165, 1.54) is 0 Å². The third kappa shape index (κ3) is 20.9. The van der Waals surface area contributed by atoms with Crippen molar-refractivity contribution in [2.75, 3.05) is 0 Å². The molecule has 7 amide bonds. The van der Waals surface area contributed by atoms with Crippen molar-refractivity contribution in [3.63, 3.8) is 0 Å². The van der Waals surface area contributed by atoms with Gasteiger partial charge in [0.1, 0.15) is 6.10 Å². The fraction of sp³-hybridized carbons (Fsp3) is 0.791. The first-order chi connectivity index (χ1) is 27.0. The van der Waals surface area contributed by atoms with Gasteiger partial charge >= 0.3 is 12.0 Å². The van der Waals surface area contributed by atoms with Crippen molar-refractivity contribution in [2.45, 2.75) is 183 Å². The lowest BCUT2D eigenvalue weighted by Gasteiger charge is -2.29. The third-order valence-corrected chi connectivity index (χ3v) is 11.6. The Morgan fingerprint density at radius 3 is 1.38 bits per heavy atom. The normalized spacial score (nSPS) is 26.2.